The number of pyridine rings is 1. The first kappa shape index (κ1) is 20.9. The van der Waals surface area contributed by atoms with Crippen molar-refractivity contribution in [1.82, 2.24) is 29.6 Å². The van der Waals surface area contributed by atoms with Crippen LogP contribution in [-0.2, 0) is 13.0 Å². The zero-order valence-corrected chi connectivity index (χ0v) is 19.3. The molecular weight excluding hydrogens is 430 g/mol. The van der Waals surface area contributed by atoms with E-state index in [9.17, 15) is 4.79 Å². The second-order valence-electron chi connectivity index (χ2n) is 9.18. The minimum absolute atomic E-state index is 0.000253. The first-order valence-electron chi connectivity index (χ1n) is 11.8. The first-order chi connectivity index (χ1) is 16.6. The summed E-state index contributed by atoms with van der Waals surface area (Å²) in [5, 5.41) is 7.23. The SMILES string of the molecule is CC(C)Oc1cc(-n2c3nc(Nc4ccc5c(c4)CNCC5)ncc3c(=O)n2C2CC2)ccn1. The molecular formula is C25H27N7O2. The number of fused-ring (bicyclic) bond motifs is 2. The standard InChI is InChI=1S/C25H27N7O2/c1-15(2)34-22-12-20(8-10-27-22)31-23-21(24(33)32(31)19-5-6-19)14-28-25(30-23)29-18-4-3-16-7-9-26-13-17(16)11-18/h3-4,8,10-12,14-15,19,26H,5-7,9,13H2,1-2H3,(H,28,29,30). The van der Waals surface area contributed by atoms with E-state index in [4.69, 9.17) is 9.72 Å². The summed E-state index contributed by atoms with van der Waals surface area (Å²) >= 11 is 0. The monoisotopic (exact) mass is 457 g/mol. The summed E-state index contributed by atoms with van der Waals surface area (Å²) in [5.74, 6) is 0.963. The average molecular weight is 458 g/mol. The number of hydrogen-bond donors (Lipinski definition) is 2. The summed E-state index contributed by atoms with van der Waals surface area (Å²) in [6.07, 6.45) is 6.29. The zero-order valence-electron chi connectivity index (χ0n) is 19.3. The van der Waals surface area contributed by atoms with Crippen molar-refractivity contribution in [3.63, 3.8) is 0 Å². The van der Waals surface area contributed by atoms with Crippen LogP contribution in [0.25, 0.3) is 16.7 Å². The fraction of sp³-hybridized carbons (Fsp3) is 0.360. The summed E-state index contributed by atoms with van der Waals surface area (Å²) < 4.78 is 9.47. The molecule has 1 aromatic carbocycles. The van der Waals surface area contributed by atoms with Crippen LogP contribution in [0.1, 0.15) is 43.9 Å². The van der Waals surface area contributed by atoms with Gasteiger partial charge in [0.05, 0.1) is 17.8 Å². The van der Waals surface area contributed by atoms with Crippen molar-refractivity contribution in [3.8, 4) is 11.6 Å². The van der Waals surface area contributed by atoms with Gasteiger partial charge in [0.15, 0.2) is 5.65 Å². The Labute approximate surface area is 196 Å². The molecule has 0 spiro atoms. The minimum Gasteiger partial charge on any atom is -0.475 e. The molecule has 1 aliphatic heterocycles. The van der Waals surface area contributed by atoms with Gasteiger partial charge in [0, 0.05) is 30.7 Å². The number of rotatable bonds is 6. The zero-order chi connectivity index (χ0) is 23.2. The van der Waals surface area contributed by atoms with Crippen molar-refractivity contribution in [1.29, 1.82) is 0 Å². The van der Waals surface area contributed by atoms with E-state index in [2.05, 4.69) is 38.8 Å². The molecule has 2 N–H and O–H groups in total. The van der Waals surface area contributed by atoms with Crippen molar-refractivity contribution in [2.75, 3.05) is 11.9 Å². The van der Waals surface area contributed by atoms with E-state index >= 15 is 0 Å². The Kier molecular flexibility index (Phi) is 5.06. The van der Waals surface area contributed by atoms with E-state index in [1.165, 1.54) is 11.1 Å². The average Bonchev–Trinajstić information content (AvgIpc) is 3.63. The van der Waals surface area contributed by atoms with Gasteiger partial charge in [0.25, 0.3) is 5.56 Å². The predicted octanol–water partition coefficient (Wildman–Crippen LogP) is 3.49. The molecule has 4 heterocycles. The highest BCUT2D eigenvalue weighted by Gasteiger charge is 2.31. The number of benzene rings is 1. The van der Waals surface area contributed by atoms with Crippen LogP contribution in [0.4, 0.5) is 11.6 Å². The third-order valence-electron chi connectivity index (χ3n) is 6.18. The molecule has 0 saturated heterocycles. The molecule has 1 saturated carbocycles. The van der Waals surface area contributed by atoms with Gasteiger partial charge in [-0.05, 0) is 69.0 Å². The van der Waals surface area contributed by atoms with Gasteiger partial charge in [-0.3, -0.25) is 4.79 Å². The van der Waals surface area contributed by atoms with Crippen LogP contribution in [0.5, 0.6) is 5.88 Å². The molecule has 0 bridgehead atoms. The van der Waals surface area contributed by atoms with Gasteiger partial charge in [-0.2, -0.15) is 4.98 Å². The van der Waals surface area contributed by atoms with E-state index in [-0.39, 0.29) is 17.7 Å². The van der Waals surface area contributed by atoms with Crippen LogP contribution < -0.4 is 20.9 Å². The van der Waals surface area contributed by atoms with Crippen LogP contribution >= 0.6 is 0 Å². The maximum absolute atomic E-state index is 13.3. The lowest BCUT2D eigenvalue weighted by atomic mass is 10.0. The van der Waals surface area contributed by atoms with E-state index < -0.39 is 0 Å². The third-order valence-corrected chi connectivity index (χ3v) is 6.18. The normalized spacial score (nSPS) is 15.5. The molecule has 1 fully saturated rings. The fourth-order valence-electron chi connectivity index (χ4n) is 4.48. The quantitative estimate of drug-likeness (QED) is 0.457. The Morgan fingerprint density at radius 2 is 2.03 bits per heavy atom. The second-order valence-corrected chi connectivity index (χ2v) is 9.18. The lowest BCUT2D eigenvalue weighted by Crippen LogP contribution is -2.23. The molecule has 4 aromatic rings. The van der Waals surface area contributed by atoms with Gasteiger partial charge < -0.3 is 15.4 Å². The number of hydrogen-bond acceptors (Lipinski definition) is 7. The third kappa shape index (κ3) is 3.81. The molecule has 1 aliphatic carbocycles. The van der Waals surface area contributed by atoms with E-state index in [1.54, 1.807) is 17.1 Å². The lowest BCUT2D eigenvalue weighted by molar-refractivity contribution is 0.232. The number of aromatic nitrogens is 5. The van der Waals surface area contributed by atoms with Gasteiger partial charge in [0.2, 0.25) is 11.8 Å². The molecule has 34 heavy (non-hydrogen) atoms. The number of anilines is 2. The van der Waals surface area contributed by atoms with Gasteiger partial charge in [-0.1, -0.05) is 6.07 Å². The highest BCUT2D eigenvalue weighted by molar-refractivity contribution is 5.77. The minimum atomic E-state index is -0.0768. The van der Waals surface area contributed by atoms with E-state index in [0.717, 1.165) is 43.7 Å². The first-order valence-corrected chi connectivity index (χ1v) is 11.8. The maximum Gasteiger partial charge on any atom is 0.278 e. The number of nitrogens with one attached hydrogen (secondary N) is 2. The largest absolute Gasteiger partial charge is 0.475 e. The van der Waals surface area contributed by atoms with Gasteiger partial charge in [0.1, 0.15) is 5.39 Å². The lowest BCUT2D eigenvalue weighted by Gasteiger charge is -2.18. The topological polar surface area (TPSA) is 98.9 Å². The van der Waals surface area contributed by atoms with Crippen molar-refractivity contribution >= 4 is 22.7 Å². The van der Waals surface area contributed by atoms with E-state index in [0.29, 0.717) is 22.9 Å². The summed E-state index contributed by atoms with van der Waals surface area (Å²) in [7, 11) is 0. The predicted molar refractivity (Wildman–Crippen MR) is 130 cm³/mol. The molecule has 174 valence electrons. The summed E-state index contributed by atoms with van der Waals surface area (Å²) in [6, 6.07) is 10.2. The van der Waals surface area contributed by atoms with Crippen molar-refractivity contribution in [3.05, 3.63) is 64.2 Å². The molecule has 0 atom stereocenters. The highest BCUT2D eigenvalue weighted by atomic mass is 16.5. The van der Waals surface area contributed by atoms with Crippen LogP contribution in [0.3, 0.4) is 0 Å². The Bertz CT molecular complexity index is 1440. The summed E-state index contributed by atoms with van der Waals surface area (Å²) in [6.45, 7) is 5.79. The maximum atomic E-state index is 13.3. The summed E-state index contributed by atoms with van der Waals surface area (Å²) in [5.41, 5.74) is 4.85. The second kappa shape index (κ2) is 8.25. The Morgan fingerprint density at radius 1 is 1.15 bits per heavy atom. The van der Waals surface area contributed by atoms with Crippen LogP contribution in [0, 0.1) is 0 Å². The van der Waals surface area contributed by atoms with Crippen LogP contribution in [0.2, 0.25) is 0 Å². The Hall–Kier alpha value is -3.72. The van der Waals surface area contributed by atoms with Crippen LogP contribution in [-0.4, -0.2) is 37.0 Å². The van der Waals surface area contributed by atoms with Gasteiger partial charge in [-0.25, -0.2) is 19.3 Å². The molecule has 9 heteroatoms. The van der Waals surface area contributed by atoms with Gasteiger partial charge >= 0.3 is 0 Å². The van der Waals surface area contributed by atoms with Gasteiger partial charge in [-0.15, -0.1) is 0 Å². The molecule has 0 unspecified atom stereocenters. The summed E-state index contributed by atoms with van der Waals surface area (Å²) in [4.78, 5) is 26.8. The van der Waals surface area contributed by atoms with E-state index in [1.807, 2.05) is 30.7 Å². The smallest absolute Gasteiger partial charge is 0.278 e. The molecule has 6 rings (SSSR count). The number of nitrogens with zero attached hydrogens (tertiary/aromatic N) is 5. The Morgan fingerprint density at radius 3 is 2.85 bits per heavy atom. The molecule has 0 amide bonds. The van der Waals surface area contributed by atoms with Crippen molar-refractivity contribution in [2.45, 2.75) is 51.8 Å². The molecule has 3 aromatic heterocycles. The fourth-order valence-corrected chi connectivity index (χ4v) is 4.48. The number of ether oxygens (including phenoxy) is 1. The highest BCUT2D eigenvalue weighted by Crippen LogP contribution is 2.36. The van der Waals surface area contributed by atoms with Crippen molar-refractivity contribution in [2.24, 2.45) is 0 Å². The molecule has 0 radical (unpaired) electrons. The Balaban J connectivity index is 1.44. The molecule has 2 aliphatic rings. The van der Waals surface area contributed by atoms with Crippen molar-refractivity contribution < 1.29 is 4.74 Å². The van der Waals surface area contributed by atoms with Crippen LogP contribution in [0.15, 0.2) is 47.5 Å². The molecule has 9 nitrogen and oxygen atoms in total.